The highest BCUT2D eigenvalue weighted by Gasteiger charge is 2.25. The van der Waals surface area contributed by atoms with E-state index in [0.717, 1.165) is 42.9 Å². The van der Waals surface area contributed by atoms with E-state index in [-0.39, 0.29) is 18.1 Å². The highest BCUT2D eigenvalue weighted by atomic mass is 16.5. The quantitative estimate of drug-likeness (QED) is 0.903. The van der Waals surface area contributed by atoms with E-state index >= 15 is 0 Å². The number of piperidine rings is 1. The molecule has 2 aromatic carbocycles. The van der Waals surface area contributed by atoms with Gasteiger partial charge in [-0.05, 0) is 43.2 Å². The first-order chi connectivity index (χ1) is 12.2. The van der Waals surface area contributed by atoms with Gasteiger partial charge in [0.2, 0.25) is 0 Å². The SMILES string of the molecule is O=C(N[C@@H]1COc2ccccc21)c1ccc(N2CCC(O)CC2)cc1. The molecule has 2 aliphatic heterocycles. The lowest BCUT2D eigenvalue weighted by Gasteiger charge is -2.31. The molecule has 0 bridgehead atoms. The Hall–Kier alpha value is -2.53. The number of fused-ring (bicyclic) bond motifs is 1. The highest BCUT2D eigenvalue weighted by Crippen LogP contribution is 2.31. The Kier molecular flexibility index (Phi) is 4.32. The van der Waals surface area contributed by atoms with Gasteiger partial charge in [-0.1, -0.05) is 18.2 Å². The molecule has 0 saturated carbocycles. The number of carbonyl (C=O) groups is 1. The molecule has 0 unspecified atom stereocenters. The van der Waals surface area contributed by atoms with Crippen LogP contribution in [0.15, 0.2) is 48.5 Å². The summed E-state index contributed by atoms with van der Waals surface area (Å²) in [7, 11) is 0. The van der Waals surface area contributed by atoms with Gasteiger partial charge in [0.1, 0.15) is 12.4 Å². The third-order valence-corrected chi connectivity index (χ3v) is 4.96. The molecule has 2 aliphatic rings. The van der Waals surface area contributed by atoms with E-state index in [0.29, 0.717) is 12.2 Å². The fourth-order valence-electron chi connectivity index (χ4n) is 3.47. The van der Waals surface area contributed by atoms with Crippen molar-refractivity contribution in [2.75, 3.05) is 24.6 Å². The molecule has 0 spiro atoms. The molecule has 1 amide bonds. The number of aliphatic hydroxyl groups is 1. The second-order valence-corrected chi connectivity index (χ2v) is 6.64. The van der Waals surface area contributed by atoms with Crippen molar-refractivity contribution in [1.29, 1.82) is 0 Å². The lowest BCUT2D eigenvalue weighted by atomic mass is 10.1. The number of anilines is 1. The van der Waals surface area contributed by atoms with E-state index in [4.69, 9.17) is 4.74 Å². The van der Waals surface area contributed by atoms with Gasteiger partial charge in [-0.15, -0.1) is 0 Å². The minimum absolute atomic E-state index is 0.0917. The first kappa shape index (κ1) is 16.0. The maximum Gasteiger partial charge on any atom is 0.251 e. The van der Waals surface area contributed by atoms with Gasteiger partial charge in [-0.3, -0.25) is 4.79 Å². The number of hydrogen-bond acceptors (Lipinski definition) is 4. The monoisotopic (exact) mass is 338 g/mol. The molecule has 25 heavy (non-hydrogen) atoms. The molecular formula is C20H22N2O3. The van der Waals surface area contributed by atoms with Crippen LogP contribution in [0.4, 0.5) is 5.69 Å². The van der Waals surface area contributed by atoms with E-state index in [1.54, 1.807) is 0 Å². The molecule has 4 rings (SSSR count). The number of amides is 1. The molecular weight excluding hydrogens is 316 g/mol. The van der Waals surface area contributed by atoms with Crippen molar-refractivity contribution < 1.29 is 14.6 Å². The van der Waals surface area contributed by atoms with E-state index in [2.05, 4.69) is 10.2 Å². The minimum Gasteiger partial charge on any atom is -0.491 e. The van der Waals surface area contributed by atoms with Crippen LogP contribution in [-0.2, 0) is 0 Å². The Balaban J connectivity index is 1.41. The number of para-hydroxylation sites is 1. The van der Waals surface area contributed by atoms with E-state index in [1.165, 1.54) is 0 Å². The Morgan fingerprint density at radius 2 is 1.80 bits per heavy atom. The number of carbonyl (C=O) groups excluding carboxylic acids is 1. The number of ether oxygens (including phenoxy) is 1. The molecule has 0 aliphatic carbocycles. The molecule has 0 aromatic heterocycles. The molecule has 5 heteroatoms. The zero-order valence-electron chi connectivity index (χ0n) is 14.0. The van der Waals surface area contributed by atoms with Gasteiger partial charge in [0.25, 0.3) is 5.91 Å². The lowest BCUT2D eigenvalue weighted by molar-refractivity contribution is 0.0930. The van der Waals surface area contributed by atoms with Crippen molar-refractivity contribution in [3.8, 4) is 5.75 Å². The average molecular weight is 338 g/mol. The Morgan fingerprint density at radius 1 is 1.08 bits per heavy atom. The summed E-state index contributed by atoms with van der Waals surface area (Å²) in [6, 6.07) is 15.4. The van der Waals surface area contributed by atoms with Crippen LogP contribution in [0.5, 0.6) is 5.75 Å². The second-order valence-electron chi connectivity index (χ2n) is 6.64. The molecule has 2 heterocycles. The van der Waals surface area contributed by atoms with Crippen molar-refractivity contribution in [1.82, 2.24) is 5.32 Å². The van der Waals surface area contributed by atoms with Crippen molar-refractivity contribution in [2.45, 2.75) is 25.0 Å². The average Bonchev–Trinajstić information content (AvgIpc) is 3.06. The molecule has 1 saturated heterocycles. The molecule has 1 atom stereocenters. The number of nitrogens with zero attached hydrogens (tertiary/aromatic N) is 1. The van der Waals surface area contributed by atoms with Gasteiger partial charge in [0.15, 0.2) is 0 Å². The summed E-state index contributed by atoms with van der Waals surface area (Å²) in [5.41, 5.74) is 2.77. The standard InChI is InChI=1S/C20H22N2O3/c23-16-9-11-22(12-10-16)15-7-5-14(6-8-15)20(24)21-18-13-25-19-4-2-1-3-17(18)19/h1-8,16,18,23H,9-13H2,(H,21,24)/t18-/m1/s1. The smallest absolute Gasteiger partial charge is 0.251 e. The lowest BCUT2D eigenvalue weighted by Crippen LogP contribution is -2.35. The van der Waals surface area contributed by atoms with Crippen LogP contribution in [0.1, 0.15) is 34.8 Å². The highest BCUT2D eigenvalue weighted by molar-refractivity contribution is 5.94. The molecule has 130 valence electrons. The summed E-state index contributed by atoms with van der Waals surface area (Å²) in [5.74, 6) is 0.751. The Bertz CT molecular complexity index is 752. The number of nitrogens with one attached hydrogen (secondary N) is 1. The Labute approximate surface area is 147 Å². The second kappa shape index (κ2) is 6.76. The minimum atomic E-state index is -0.183. The first-order valence-electron chi connectivity index (χ1n) is 8.76. The zero-order valence-corrected chi connectivity index (χ0v) is 14.0. The van der Waals surface area contributed by atoms with Crippen LogP contribution >= 0.6 is 0 Å². The van der Waals surface area contributed by atoms with Gasteiger partial charge >= 0.3 is 0 Å². The summed E-state index contributed by atoms with van der Waals surface area (Å²) in [5, 5.41) is 12.7. The summed E-state index contributed by atoms with van der Waals surface area (Å²) in [6.45, 7) is 2.17. The summed E-state index contributed by atoms with van der Waals surface area (Å²) < 4.78 is 5.61. The predicted octanol–water partition coefficient (Wildman–Crippen LogP) is 2.51. The third-order valence-electron chi connectivity index (χ3n) is 4.96. The topological polar surface area (TPSA) is 61.8 Å². The number of aliphatic hydroxyl groups excluding tert-OH is 1. The largest absolute Gasteiger partial charge is 0.491 e. The summed E-state index contributed by atoms with van der Waals surface area (Å²) in [6.07, 6.45) is 1.41. The van der Waals surface area contributed by atoms with Gasteiger partial charge in [0.05, 0.1) is 12.1 Å². The van der Waals surface area contributed by atoms with Crippen LogP contribution in [0.25, 0.3) is 0 Å². The third kappa shape index (κ3) is 3.33. The summed E-state index contributed by atoms with van der Waals surface area (Å²) >= 11 is 0. The van der Waals surface area contributed by atoms with Gasteiger partial charge < -0.3 is 20.1 Å². The van der Waals surface area contributed by atoms with Crippen molar-refractivity contribution in [2.24, 2.45) is 0 Å². The maximum absolute atomic E-state index is 12.5. The number of rotatable bonds is 3. The van der Waals surface area contributed by atoms with Crippen molar-refractivity contribution in [3.05, 3.63) is 59.7 Å². The maximum atomic E-state index is 12.5. The van der Waals surface area contributed by atoms with Gasteiger partial charge in [0, 0.05) is 29.9 Å². The summed E-state index contributed by atoms with van der Waals surface area (Å²) in [4.78, 5) is 14.8. The molecule has 0 radical (unpaired) electrons. The molecule has 1 fully saturated rings. The predicted molar refractivity (Wildman–Crippen MR) is 96.0 cm³/mol. The first-order valence-corrected chi connectivity index (χ1v) is 8.76. The number of hydrogen-bond donors (Lipinski definition) is 2. The molecule has 2 aromatic rings. The van der Waals surface area contributed by atoms with Crippen LogP contribution in [0.3, 0.4) is 0 Å². The van der Waals surface area contributed by atoms with E-state index in [9.17, 15) is 9.90 Å². The van der Waals surface area contributed by atoms with Gasteiger partial charge in [-0.25, -0.2) is 0 Å². The van der Waals surface area contributed by atoms with E-state index in [1.807, 2.05) is 48.5 Å². The molecule has 5 nitrogen and oxygen atoms in total. The molecule has 2 N–H and O–H groups in total. The van der Waals surface area contributed by atoms with Crippen LogP contribution < -0.4 is 15.0 Å². The van der Waals surface area contributed by atoms with Crippen molar-refractivity contribution >= 4 is 11.6 Å². The van der Waals surface area contributed by atoms with Crippen LogP contribution in [-0.4, -0.2) is 36.8 Å². The number of benzene rings is 2. The van der Waals surface area contributed by atoms with Crippen molar-refractivity contribution in [3.63, 3.8) is 0 Å². The normalized spacial score (nSPS) is 20.0. The Morgan fingerprint density at radius 3 is 2.56 bits per heavy atom. The van der Waals surface area contributed by atoms with Crippen LogP contribution in [0, 0.1) is 0 Å². The van der Waals surface area contributed by atoms with E-state index < -0.39 is 0 Å². The van der Waals surface area contributed by atoms with Crippen LogP contribution in [0.2, 0.25) is 0 Å². The fourth-order valence-corrected chi connectivity index (χ4v) is 3.47. The zero-order chi connectivity index (χ0) is 17.2. The van der Waals surface area contributed by atoms with Gasteiger partial charge in [-0.2, -0.15) is 0 Å². The fraction of sp³-hybridized carbons (Fsp3) is 0.350.